The van der Waals surface area contributed by atoms with E-state index in [1.165, 1.54) is 12.1 Å². The molecule has 0 atom stereocenters. The highest BCUT2D eigenvalue weighted by atomic mass is 35.5. The van der Waals surface area contributed by atoms with Crippen LogP contribution in [0.25, 0.3) is 0 Å². The molecule has 1 saturated carbocycles. The third-order valence-corrected chi connectivity index (χ3v) is 3.49. The lowest BCUT2D eigenvalue weighted by Crippen LogP contribution is -2.25. The standard InChI is InChI=1S/C13H15ClF3N/c1-2-18(10-5-6-10)11-4-3-9(8-14)12(7-11)13(15,16)17/h3-4,7,10H,2,5-6,8H2,1H3. The molecule has 0 radical (unpaired) electrons. The predicted molar refractivity (Wildman–Crippen MR) is 67.0 cm³/mol. The summed E-state index contributed by atoms with van der Waals surface area (Å²) in [6, 6.07) is 4.84. The maximum atomic E-state index is 12.9. The van der Waals surface area contributed by atoms with Crippen LogP contribution in [0.15, 0.2) is 18.2 Å². The second-order valence-electron chi connectivity index (χ2n) is 4.49. The van der Waals surface area contributed by atoms with Gasteiger partial charge in [0.05, 0.1) is 5.56 Å². The summed E-state index contributed by atoms with van der Waals surface area (Å²) in [5, 5.41) is 0. The molecule has 1 aliphatic carbocycles. The van der Waals surface area contributed by atoms with Gasteiger partial charge < -0.3 is 4.90 Å². The number of hydrogen-bond donors (Lipinski definition) is 0. The maximum absolute atomic E-state index is 12.9. The van der Waals surface area contributed by atoms with Gasteiger partial charge in [-0.1, -0.05) is 6.07 Å². The number of rotatable bonds is 4. The fourth-order valence-corrected chi connectivity index (χ4v) is 2.39. The Morgan fingerprint density at radius 3 is 2.44 bits per heavy atom. The number of anilines is 1. The highest BCUT2D eigenvalue weighted by Gasteiger charge is 2.35. The van der Waals surface area contributed by atoms with Crippen molar-refractivity contribution < 1.29 is 13.2 Å². The predicted octanol–water partition coefficient (Wildman–Crippen LogP) is 4.43. The molecule has 1 aliphatic rings. The minimum atomic E-state index is -4.34. The summed E-state index contributed by atoms with van der Waals surface area (Å²) < 4.78 is 38.8. The van der Waals surface area contributed by atoms with Crippen LogP contribution in [-0.2, 0) is 12.1 Å². The van der Waals surface area contributed by atoms with Gasteiger partial charge in [-0.05, 0) is 37.5 Å². The van der Waals surface area contributed by atoms with E-state index in [4.69, 9.17) is 11.6 Å². The quantitative estimate of drug-likeness (QED) is 0.736. The molecule has 0 unspecified atom stereocenters. The average Bonchev–Trinajstić information content (AvgIpc) is 3.13. The van der Waals surface area contributed by atoms with E-state index in [1.807, 2.05) is 11.8 Å². The highest BCUT2D eigenvalue weighted by molar-refractivity contribution is 6.17. The second-order valence-corrected chi connectivity index (χ2v) is 4.76. The molecule has 1 aromatic rings. The summed E-state index contributed by atoms with van der Waals surface area (Å²) in [6.45, 7) is 2.68. The molecule has 0 bridgehead atoms. The van der Waals surface area contributed by atoms with E-state index in [2.05, 4.69) is 0 Å². The van der Waals surface area contributed by atoms with Gasteiger partial charge in [0.25, 0.3) is 0 Å². The van der Waals surface area contributed by atoms with Crippen LogP contribution in [0.3, 0.4) is 0 Å². The zero-order chi connectivity index (χ0) is 13.3. The van der Waals surface area contributed by atoms with Gasteiger partial charge in [-0.3, -0.25) is 0 Å². The van der Waals surface area contributed by atoms with Crippen LogP contribution in [0, 0.1) is 0 Å². The van der Waals surface area contributed by atoms with Crippen LogP contribution >= 0.6 is 11.6 Å². The van der Waals surface area contributed by atoms with Crippen molar-refractivity contribution in [3.8, 4) is 0 Å². The van der Waals surface area contributed by atoms with Crippen molar-refractivity contribution in [1.82, 2.24) is 0 Å². The Hall–Kier alpha value is -0.900. The molecule has 0 amide bonds. The number of alkyl halides is 4. The molecule has 0 aliphatic heterocycles. The molecule has 5 heteroatoms. The zero-order valence-electron chi connectivity index (χ0n) is 10.1. The van der Waals surface area contributed by atoms with E-state index in [0.717, 1.165) is 19.4 Å². The second kappa shape index (κ2) is 5.00. The fraction of sp³-hybridized carbons (Fsp3) is 0.538. The van der Waals surface area contributed by atoms with Crippen molar-refractivity contribution in [3.63, 3.8) is 0 Å². The van der Waals surface area contributed by atoms with Crippen LogP contribution in [-0.4, -0.2) is 12.6 Å². The molecular formula is C13H15ClF3N. The monoisotopic (exact) mass is 277 g/mol. The number of hydrogen-bond acceptors (Lipinski definition) is 1. The van der Waals surface area contributed by atoms with E-state index < -0.39 is 11.7 Å². The van der Waals surface area contributed by atoms with Crippen LogP contribution in [0.1, 0.15) is 30.9 Å². The number of benzene rings is 1. The van der Waals surface area contributed by atoms with E-state index >= 15 is 0 Å². The van der Waals surface area contributed by atoms with Gasteiger partial charge in [0.15, 0.2) is 0 Å². The maximum Gasteiger partial charge on any atom is 0.416 e. The molecule has 1 aromatic carbocycles. The SMILES string of the molecule is CCN(c1ccc(CCl)c(C(F)(F)F)c1)C1CC1. The summed E-state index contributed by atoms with van der Waals surface area (Å²) in [5.74, 6) is -0.120. The smallest absolute Gasteiger partial charge is 0.369 e. The van der Waals surface area contributed by atoms with Gasteiger partial charge in [-0.25, -0.2) is 0 Å². The molecule has 18 heavy (non-hydrogen) atoms. The normalized spacial score (nSPS) is 15.8. The van der Waals surface area contributed by atoms with Crippen LogP contribution in [0.2, 0.25) is 0 Å². The van der Waals surface area contributed by atoms with Gasteiger partial charge in [0.2, 0.25) is 0 Å². The Labute approximate surface area is 110 Å². The molecule has 0 N–H and O–H groups in total. The van der Waals surface area contributed by atoms with Gasteiger partial charge in [-0.2, -0.15) is 13.2 Å². The van der Waals surface area contributed by atoms with Gasteiger partial charge in [0, 0.05) is 24.2 Å². The Bertz CT molecular complexity index is 427. The molecule has 0 aromatic heterocycles. The molecular weight excluding hydrogens is 263 g/mol. The Kier molecular flexibility index (Phi) is 3.76. The van der Waals surface area contributed by atoms with Gasteiger partial charge >= 0.3 is 6.18 Å². The topological polar surface area (TPSA) is 3.24 Å². The molecule has 2 rings (SSSR count). The molecule has 100 valence electrons. The third-order valence-electron chi connectivity index (χ3n) is 3.20. The summed E-state index contributed by atoms with van der Waals surface area (Å²) in [7, 11) is 0. The van der Waals surface area contributed by atoms with Crippen molar-refractivity contribution in [2.24, 2.45) is 0 Å². The van der Waals surface area contributed by atoms with Crippen LogP contribution in [0.5, 0.6) is 0 Å². The molecule has 0 spiro atoms. The van der Waals surface area contributed by atoms with Crippen LogP contribution < -0.4 is 4.90 Å². The first-order valence-electron chi connectivity index (χ1n) is 6.00. The number of halogens is 4. The first kappa shape index (κ1) is 13.5. The first-order chi connectivity index (χ1) is 8.47. The van der Waals surface area contributed by atoms with Crippen molar-refractivity contribution in [1.29, 1.82) is 0 Å². The Morgan fingerprint density at radius 2 is 2.00 bits per heavy atom. The molecule has 1 nitrogen and oxygen atoms in total. The van der Waals surface area contributed by atoms with Gasteiger partial charge in [0.1, 0.15) is 0 Å². The summed E-state index contributed by atoms with van der Waals surface area (Å²) in [5.41, 5.74) is 0.162. The molecule has 1 fully saturated rings. The van der Waals surface area contributed by atoms with E-state index in [9.17, 15) is 13.2 Å². The molecule has 0 heterocycles. The van der Waals surface area contributed by atoms with Crippen molar-refractivity contribution in [3.05, 3.63) is 29.3 Å². The Morgan fingerprint density at radius 1 is 1.33 bits per heavy atom. The van der Waals surface area contributed by atoms with Crippen molar-refractivity contribution in [2.45, 2.75) is 37.9 Å². The number of nitrogens with zero attached hydrogens (tertiary/aromatic N) is 1. The lowest BCUT2D eigenvalue weighted by molar-refractivity contribution is -0.138. The average molecular weight is 278 g/mol. The van der Waals surface area contributed by atoms with Crippen molar-refractivity contribution in [2.75, 3.05) is 11.4 Å². The largest absolute Gasteiger partial charge is 0.416 e. The lowest BCUT2D eigenvalue weighted by Gasteiger charge is -2.24. The van der Waals surface area contributed by atoms with E-state index in [1.54, 1.807) is 6.07 Å². The summed E-state index contributed by atoms with van der Waals surface area (Å²) in [6.07, 6.45) is -2.22. The van der Waals surface area contributed by atoms with Crippen molar-refractivity contribution >= 4 is 17.3 Å². The van der Waals surface area contributed by atoms with Gasteiger partial charge in [-0.15, -0.1) is 11.6 Å². The third kappa shape index (κ3) is 2.74. The first-order valence-corrected chi connectivity index (χ1v) is 6.53. The minimum Gasteiger partial charge on any atom is -0.369 e. The van der Waals surface area contributed by atoms with E-state index in [0.29, 0.717) is 11.7 Å². The highest BCUT2D eigenvalue weighted by Crippen LogP contribution is 2.38. The van der Waals surface area contributed by atoms with Crippen LogP contribution in [0.4, 0.5) is 18.9 Å². The molecule has 0 saturated heterocycles. The summed E-state index contributed by atoms with van der Waals surface area (Å²) in [4.78, 5) is 2.02. The zero-order valence-corrected chi connectivity index (χ0v) is 10.9. The fourth-order valence-electron chi connectivity index (χ4n) is 2.16. The lowest BCUT2D eigenvalue weighted by atomic mass is 10.1. The Balaban J connectivity index is 2.38. The minimum absolute atomic E-state index is 0.120. The summed E-state index contributed by atoms with van der Waals surface area (Å²) >= 11 is 5.57. The van der Waals surface area contributed by atoms with E-state index in [-0.39, 0.29) is 11.4 Å².